The minimum absolute atomic E-state index is 0.0239. The van der Waals surface area contributed by atoms with E-state index in [0.29, 0.717) is 22.7 Å². The van der Waals surface area contributed by atoms with Crippen LogP contribution in [0.15, 0.2) is 76.4 Å². The fraction of sp³-hybridized carbons (Fsp3) is 0.250. The van der Waals surface area contributed by atoms with Gasteiger partial charge < -0.3 is 14.8 Å². The second-order valence-electron chi connectivity index (χ2n) is 8.71. The van der Waals surface area contributed by atoms with Gasteiger partial charge in [-0.05, 0) is 55.7 Å². The molecule has 2 heterocycles. The quantitative estimate of drug-likeness (QED) is 0.333. The monoisotopic (exact) mass is 518 g/mol. The molecule has 0 aliphatic rings. The predicted molar refractivity (Wildman–Crippen MR) is 143 cm³/mol. The van der Waals surface area contributed by atoms with Gasteiger partial charge in [-0.15, -0.1) is 0 Å². The second-order valence-corrected chi connectivity index (χ2v) is 8.71. The number of carbonyl (C=O) groups excluding carboxylic acids is 1. The van der Waals surface area contributed by atoms with E-state index in [-0.39, 0.29) is 24.6 Å². The van der Waals surface area contributed by atoms with E-state index in [1.54, 1.807) is 48.7 Å². The van der Waals surface area contributed by atoms with Crippen molar-refractivity contribution in [1.29, 1.82) is 0 Å². The molecule has 196 valence electrons. The van der Waals surface area contributed by atoms with Crippen LogP contribution in [0.25, 0.3) is 0 Å². The summed E-state index contributed by atoms with van der Waals surface area (Å²) in [5, 5.41) is 3.01. The maximum absolute atomic E-state index is 13.5. The third kappa shape index (κ3) is 6.33. The maximum atomic E-state index is 13.5. The highest BCUT2D eigenvalue weighted by atomic mass is 16.5. The summed E-state index contributed by atoms with van der Waals surface area (Å²) in [5.41, 5.74) is 0.615. The molecular formula is C28H29N5O5. The lowest BCUT2D eigenvalue weighted by atomic mass is 10.1. The number of carbonyl (C=O) groups is 1. The summed E-state index contributed by atoms with van der Waals surface area (Å²) in [5.74, 6) is -0.254. The van der Waals surface area contributed by atoms with Gasteiger partial charge in [0.05, 0.1) is 25.8 Å². The van der Waals surface area contributed by atoms with Crippen LogP contribution < -0.4 is 21.4 Å². The van der Waals surface area contributed by atoms with Crippen molar-refractivity contribution in [1.82, 2.24) is 19.1 Å². The minimum atomic E-state index is -2.27. The van der Waals surface area contributed by atoms with Gasteiger partial charge in [0.15, 0.2) is 0 Å². The Hall–Kier alpha value is -4.73. The van der Waals surface area contributed by atoms with Crippen LogP contribution >= 0.6 is 0 Å². The van der Waals surface area contributed by atoms with E-state index in [0.717, 1.165) is 10.3 Å². The van der Waals surface area contributed by atoms with Crippen molar-refractivity contribution >= 4 is 17.6 Å². The summed E-state index contributed by atoms with van der Waals surface area (Å²) in [7, 11) is 1.22. The van der Waals surface area contributed by atoms with Gasteiger partial charge in [0, 0.05) is 22.0 Å². The Morgan fingerprint density at radius 1 is 1.03 bits per heavy atom. The largest absolute Gasteiger partial charge is 0.469 e. The molecule has 0 saturated heterocycles. The van der Waals surface area contributed by atoms with Crippen LogP contribution in [0.1, 0.15) is 27.9 Å². The van der Waals surface area contributed by atoms with Crippen molar-refractivity contribution in [3.05, 3.63) is 105 Å². The number of nitrogens with zero attached hydrogens (tertiary/aromatic N) is 4. The number of aromatic nitrogens is 4. The Morgan fingerprint density at radius 2 is 1.74 bits per heavy atom. The van der Waals surface area contributed by atoms with E-state index < -0.39 is 30.1 Å². The topological polar surface area (TPSA) is 117 Å². The van der Waals surface area contributed by atoms with Crippen LogP contribution in [0.5, 0.6) is 11.5 Å². The molecule has 10 nitrogen and oxygen atoms in total. The molecule has 10 heteroatoms. The second kappa shape index (κ2) is 11.5. The summed E-state index contributed by atoms with van der Waals surface area (Å²) in [4.78, 5) is 46.7. The smallest absolute Gasteiger partial charge is 0.354 e. The fourth-order valence-electron chi connectivity index (χ4n) is 3.65. The van der Waals surface area contributed by atoms with Crippen LogP contribution in [-0.4, -0.2) is 32.2 Å². The fourth-order valence-corrected chi connectivity index (χ4v) is 3.65. The molecule has 4 aromatic rings. The van der Waals surface area contributed by atoms with Crippen molar-refractivity contribution in [2.75, 3.05) is 12.4 Å². The van der Waals surface area contributed by atoms with E-state index in [4.69, 9.17) is 13.6 Å². The number of methoxy groups -OCH3 is 1. The van der Waals surface area contributed by atoms with E-state index in [2.05, 4.69) is 15.3 Å². The van der Waals surface area contributed by atoms with Gasteiger partial charge in [0.25, 0.3) is 0 Å². The van der Waals surface area contributed by atoms with Crippen molar-refractivity contribution in [3.63, 3.8) is 0 Å². The number of nitrogens with one attached hydrogen (secondary N) is 1. The van der Waals surface area contributed by atoms with Gasteiger partial charge in [-0.3, -0.25) is 14.3 Å². The van der Waals surface area contributed by atoms with Crippen molar-refractivity contribution in [3.8, 4) is 11.5 Å². The average molecular weight is 519 g/mol. The standard InChI is InChI=1S/C28H29N5O5/c1-18-5-8-21(9-6-18)17-32-26(31-27(35)33(28(32)36)16-19(2)25(34)37-4)30-22-10-13-23(14-11-22)38-24-12-7-20(3)29-15-24/h5-15,19H,16-17H2,1-4H3,(H,30,31,35)/t19-/m0/s1/i1D3. The molecule has 0 aliphatic carbocycles. The molecule has 1 atom stereocenters. The number of hydrogen-bond acceptors (Lipinski definition) is 8. The zero-order chi connectivity index (χ0) is 29.7. The highest BCUT2D eigenvalue weighted by Gasteiger charge is 2.20. The first-order valence-electron chi connectivity index (χ1n) is 13.3. The molecule has 2 aromatic carbocycles. The van der Waals surface area contributed by atoms with Crippen LogP contribution in [0.3, 0.4) is 0 Å². The summed E-state index contributed by atoms with van der Waals surface area (Å²) in [6.07, 6.45) is 1.62. The molecule has 0 saturated carbocycles. The molecule has 0 aliphatic heterocycles. The Bertz CT molecular complexity index is 1630. The lowest BCUT2D eigenvalue weighted by molar-refractivity contribution is -0.145. The number of benzene rings is 2. The molecule has 0 spiro atoms. The first-order valence-corrected chi connectivity index (χ1v) is 11.8. The van der Waals surface area contributed by atoms with E-state index in [1.807, 2.05) is 13.0 Å². The van der Waals surface area contributed by atoms with Crippen molar-refractivity contribution in [2.45, 2.75) is 33.8 Å². The van der Waals surface area contributed by atoms with E-state index in [1.165, 1.54) is 30.7 Å². The molecule has 2 aromatic heterocycles. The van der Waals surface area contributed by atoms with Gasteiger partial charge in [-0.1, -0.05) is 36.8 Å². The van der Waals surface area contributed by atoms with Gasteiger partial charge in [0.1, 0.15) is 11.5 Å². The van der Waals surface area contributed by atoms with Crippen LogP contribution in [0.4, 0.5) is 11.6 Å². The minimum Gasteiger partial charge on any atom is -0.469 e. The molecular weight excluding hydrogens is 486 g/mol. The molecule has 0 unspecified atom stereocenters. The van der Waals surface area contributed by atoms with Crippen LogP contribution in [-0.2, 0) is 22.6 Å². The number of ether oxygens (including phenoxy) is 2. The average Bonchev–Trinajstić information content (AvgIpc) is 2.94. The lowest BCUT2D eigenvalue weighted by Crippen LogP contribution is -2.44. The highest BCUT2D eigenvalue weighted by molar-refractivity contribution is 5.71. The summed E-state index contributed by atoms with van der Waals surface area (Å²) in [6, 6.07) is 16.6. The highest BCUT2D eigenvalue weighted by Crippen LogP contribution is 2.23. The summed E-state index contributed by atoms with van der Waals surface area (Å²) >= 11 is 0. The zero-order valence-corrected chi connectivity index (χ0v) is 21.2. The van der Waals surface area contributed by atoms with E-state index >= 15 is 0 Å². The first kappa shape index (κ1) is 22.5. The van der Waals surface area contributed by atoms with Crippen LogP contribution in [0, 0.1) is 19.7 Å². The first-order chi connectivity index (χ1) is 19.4. The van der Waals surface area contributed by atoms with Gasteiger partial charge in [0.2, 0.25) is 5.95 Å². The molecule has 0 fully saturated rings. The molecule has 38 heavy (non-hydrogen) atoms. The van der Waals surface area contributed by atoms with E-state index in [9.17, 15) is 14.4 Å². The Balaban J connectivity index is 1.66. The van der Waals surface area contributed by atoms with Gasteiger partial charge in [-0.2, -0.15) is 4.98 Å². The molecule has 1 N–H and O–H groups in total. The molecule has 4 rings (SSSR count). The number of hydrogen-bond donors (Lipinski definition) is 1. The third-order valence-electron chi connectivity index (χ3n) is 5.73. The normalized spacial score (nSPS) is 13.1. The summed E-state index contributed by atoms with van der Waals surface area (Å²) in [6.45, 7) is 0.895. The molecule has 0 bridgehead atoms. The third-order valence-corrected chi connectivity index (χ3v) is 5.73. The van der Waals surface area contributed by atoms with Gasteiger partial charge in [-0.25, -0.2) is 14.2 Å². The maximum Gasteiger partial charge on any atom is 0.354 e. The Kier molecular flexibility index (Phi) is 6.83. The number of pyridine rings is 1. The van der Waals surface area contributed by atoms with Gasteiger partial charge >= 0.3 is 17.3 Å². The van der Waals surface area contributed by atoms with Crippen LogP contribution in [0.2, 0.25) is 0 Å². The number of aryl methyl sites for hydroxylation is 2. The van der Waals surface area contributed by atoms with Crippen molar-refractivity contribution in [2.24, 2.45) is 5.92 Å². The van der Waals surface area contributed by atoms with Crippen molar-refractivity contribution < 1.29 is 18.4 Å². The number of anilines is 2. The number of rotatable bonds is 9. The zero-order valence-electron chi connectivity index (χ0n) is 24.2. The SMILES string of the molecule is [2H]C([2H])([2H])c1ccc(Cn2c(Nc3ccc(Oc4ccc(C)nc4)cc3)nc(=O)n(C[C@H](C)C(=O)OC)c2=O)cc1. The Labute approximate surface area is 223 Å². The predicted octanol–water partition coefficient (Wildman–Crippen LogP) is 3.81. The Morgan fingerprint density at radius 3 is 2.37 bits per heavy atom. The lowest BCUT2D eigenvalue weighted by Gasteiger charge is -2.17. The number of esters is 1. The molecule has 0 amide bonds. The molecule has 0 radical (unpaired) electrons. The summed E-state index contributed by atoms with van der Waals surface area (Å²) < 4.78 is 35.4.